The van der Waals surface area contributed by atoms with E-state index in [0.717, 1.165) is 22.9 Å². The summed E-state index contributed by atoms with van der Waals surface area (Å²) in [5.41, 5.74) is 1.43. The van der Waals surface area contributed by atoms with E-state index in [0.29, 0.717) is 17.1 Å². The summed E-state index contributed by atoms with van der Waals surface area (Å²) in [6, 6.07) is 15.0. The molecule has 0 saturated carbocycles. The third-order valence-corrected chi connectivity index (χ3v) is 7.10. The van der Waals surface area contributed by atoms with Crippen LogP contribution in [0, 0.1) is 5.92 Å². The van der Waals surface area contributed by atoms with Gasteiger partial charge in [-0.15, -0.1) is 11.8 Å². The van der Waals surface area contributed by atoms with Gasteiger partial charge in [0.2, 0.25) is 11.8 Å². The molecule has 2 amide bonds. The first-order chi connectivity index (χ1) is 13.1. The van der Waals surface area contributed by atoms with Gasteiger partial charge in [-0.3, -0.25) is 14.5 Å². The predicted molar refractivity (Wildman–Crippen MR) is 108 cm³/mol. The summed E-state index contributed by atoms with van der Waals surface area (Å²) in [7, 11) is 0. The van der Waals surface area contributed by atoms with Gasteiger partial charge in [0.25, 0.3) is 0 Å². The van der Waals surface area contributed by atoms with Gasteiger partial charge in [-0.05, 0) is 30.7 Å². The lowest BCUT2D eigenvalue weighted by atomic mass is 9.79. The highest BCUT2D eigenvalue weighted by Crippen LogP contribution is 2.55. The highest BCUT2D eigenvalue weighted by atomic mass is 35.5. The lowest BCUT2D eigenvalue weighted by Crippen LogP contribution is -2.53. The number of anilines is 2. The van der Waals surface area contributed by atoms with Gasteiger partial charge in [0.05, 0.1) is 5.92 Å². The Balaban J connectivity index is 1.57. The van der Waals surface area contributed by atoms with Gasteiger partial charge in [0, 0.05) is 39.6 Å². The van der Waals surface area contributed by atoms with Crippen LogP contribution >= 0.6 is 23.4 Å². The Bertz CT molecular complexity index is 952. The molecule has 0 aliphatic carbocycles. The second kappa shape index (κ2) is 6.26. The Labute approximate surface area is 166 Å². The maximum Gasteiger partial charge on any atom is 0.250 e. The van der Waals surface area contributed by atoms with E-state index in [1.54, 1.807) is 18.2 Å². The molecule has 5 nitrogen and oxygen atoms in total. The third-order valence-electron chi connectivity index (χ3n) is 5.79. The van der Waals surface area contributed by atoms with Crippen molar-refractivity contribution >= 4 is 46.6 Å². The van der Waals surface area contributed by atoms with Crippen molar-refractivity contribution in [3.8, 4) is 0 Å². The minimum absolute atomic E-state index is 0.0973. The van der Waals surface area contributed by atoms with Crippen molar-refractivity contribution in [1.82, 2.24) is 4.90 Å². The number of para-hydroxylation sites is 1. The first kappa shape index (κ1) is 17.1. The SMILES string of the molecule is O=C(Nc1cccc(Cl)c1)[C@@H]1C[C@H]2CSCN2[C@@]12C(=O)Nc1ccccc12. The van der Waals surface area contributed by atoms with Crippen LogP contribution in [0.25, 0.3) is 0 Å². The number of thioether (sulfide) groups is 1. The molecule has 0 aromatic heterocycles. The maximum absolute atomic E-state index is 13.3. The van der Waals surface area contributed by atoms with Crippen LogP contribution in [0.4, 0.5) is 11.4 Å². The van der Waals surface area contributed by atoms with Gasteiger partial charge in [-0.25, -0.2) is 0 Å². The smallest absolute Gasteiger partial charge is 0.250 e. The first-order valence-electron chi connectivity index (χ1n) is 8.92. The van der Waals surface area contributed by atoms with Crippen LogP contribution in [-0.2, 0) is 15.1 Å². The molecule has 1 spiro atoms. The highest BCUT2D eigenvalue weighted by molar-refractivity contribution is 7.99. The second-order valence-corrected chi connectivity index (χ2v) is 8.61. The summed E-state index contributed by atoms with van der Waals surface area (Å²) in [4.78, 5) is 28.8. The Kier molecular flexibility index (Phi) is 3.96. The number of fused-ring (bicyclic) bond motifs is 4. The average molecular weight is 400 g/mol. The number of rotatable bonds is 2. The zero-order valence-corrected chi connectivity index (χ0v) is 16.0. The van der Waals surface area contributed by atoms with E-state index in [2.05, 4.69) is 15.5 Å². The van der Waals surface area contributed by atoms with Gasteiger partial charge in [0.15, 0.2) is 0 Å². The van der Waals surface area contributed by atoms with Gasteiger partial charge in [-0.1, -0.05) is 35.9 Å². The third kappa shape index (κ3) is 2.43. The van der Waals surface area contributed by atoms with E-state index in [1.807, 2.05) is 42.1 Å². The van der Waals surface area contributed by atoms with Crippen LogP contribution < -0.4 is 10.6 Å². The Morgan fingerprint density at radius 3 is 2.96 bits per heavy atom. The van der Waals surface area contributed by atoms with Crippen LogP contribution in [0.3, 0.4) is 0 Å². The molecule has 0 bridgehead atoms. The predicted octanol–water partition coefficient (Wildman–Crippen LogP) is 3.52. The van der Waals surface area contributed by atoms with E-state index >= 15 is 0 Å². The van der Waals surface area contributed by atoms with Crippen molar-refractivity contribution in [2.45, 2.75) is 18.0 Å². The molecular formula is C20H18ClN3O2S. The number of carbonyl (C=O) groups excluding carboxylic acids is 2. The molecule has 138 valence electrons. The maximum atomic E-state index is 13.3. The highest BCUT2D eigenvalue weighted by Gasteiger charge is 2.65. The number of hydrogen-bond acceptors (Lipinski definition) is 4. The monoisotopic (exact) mass is 399 g/mol. The van der Waals surface area contributed by atoms with E-state index in [-0.39, 0.29) is 17.9 Å². The molecule has 2 fully saturated rings. The lowest BCUT2D eigenvalue weighted by molar-refractivity contribution is -0.134. The molecule has 7 heteroatoms. The summed E-state index contributed by atoms with van der Waals surface area (Å²) in [6.07, 6.45) is 0.668. The lowest BCUT2D eigenvalue weighted by Gasteiger charge is -2.36. The summed E-state index contributed by atoms with van der Waals surface area (Å²) >= 11 is 7.87. The van der Waals surface area contributed by atoms with E-state index in [9.17, 15) is 9.59 Å². The molecule has 3 atom stereocenters. The average Bonchev–Trinajstić information content (AvgIpc) is 3.30. The fraction of sp³-hybridized carbons (Fsp3) is 0.300. The molecule has 2 aromatic rings. The molecule has 27 heavy (non-hydrogen) atoms. The topological polar surface area (TPSA) is 61.4 Å². The van der Waals surface area contributed by atoms with Crippen LogP contribution in [0.2, 0.25) is 5.02 Å². The van der Waals surface area contributed by atoms with E-state index in [4.69, 9.17) is 11.6 Å². The largest absolute Gasteiger partial charge is 0.326 e. The molecule has 0 unspecified atom stereocenters. The van der Waals surface area contributed by atoms with Crippen LogP contribution in [0.5, 0.6) is 0 Å². The zero-order valence-electron chi connectivity index (χ0n) is 14.4. The Morgan fingerprint density at radius 2 is 2.11 bits per heavy atom. The normalized spacial score (nSPS) is 28.9. The number of benzene rings is 2. The number of carbonyl (C=O) groups is 2. The molecule has 2 N–H and O–H groups in total. The number of halogens is 1. The molecule has 5 rings (SSSR count). The molecule has 3 heterocycles. The fourth-order valence-electron chi connectivity index (χ4n) is 4.70. The molecule has 2 saturated heterocycles. The Morgan fingerprint density at radius 1 is 1.26 bits per heavy atom. The minimum atomic E-state index is -0.937. The first-order valence-corrected chi connectivity index (χ1v) is 10.5. The van der Waals surface area contributed by atoms with Crippen molar-refractivity contribution in [2.75, 3.05) is 22.3 Å². The van der Waals surface area contributed by atoms with Gasteiger partial charge >= 0.3 is 0 Å². The standard InChI is InChI=1S/C20H18ClN3O2S/c21-12-4-3-5-13(8-12)22-18(25)16-9-14-10-27-11-24(14)20(16)15-6-1-2-7-17(15)23-19(20)26/h1-8,14,16H,9-11H2,(H,22,25)(H,23,26)/t14-,16-,20+/m0/s1. The number of nitrogens with zero attached hydrogens (tertiary/aromatic N) is 1. The zero-order chi connectivity index (χ0) is 18.6. The van der Waals surface area contributed by atoms with Crippen molar-refractivity contribution in [1.29, 1.82) is 0 Å². The van der Waals surface area contributed by atoms with Gasteiger partial charge in [0.1, 0.15) is 5.54 Å². The van der Waals surface area contributed by atoms with Gasteiger partial charge < -0.3 is 10.6 Å². The van der Waals surface area contributed by atoms with Crippen molar-refractivity contribution in [3.63, 3.8) is 0 Å². The van der Waals surface area contributed by atoms with Crippen LogP contribution in [-0.4, -0.2) is 34.4 Å². The molecule has 3 aliphatic heterocycles. The number of amides is 2. The van der Waals surface area contributed by atoms with Crippen LogP contribution in [0.1, 0.15) is 12.0 Å². The van der Waals surface area contributed by atoms with E-state index in [1.165, 1.54) is 0 Å². The fourth-order valence-corrected chi connectivity index (χ4v) is 6.19. The molecule has 0 radical (unpaired) electrons. The summed E-state index contributed by atoms with van der Waals surface area (Å²) in [6.45, 7) is 0. The molecule has 2 aromatic carbocycles. The summed E-state index contributed by atoms with van der Waals surface area (Å²) in [5, 5.41) is 6.55. The quantitative estimate of drug-likeness (QED) is 0.811. The van der Waals surface area contributed by atoms with Crippen molar-refractivity contribution in [2.24, 2.45) is 5.92 Å². The molecule has 3 aliphatic rings. The van der Waals surface area contributed by atoms with Gasteiger partial charge in [-0.2, -0.15) is 0 Å². The van der Waals surface area contributed by atoms with Crippen molar-refractivity contribution < 1.29 is 9.59 Å². The summed E-state index contributed by atoms with van der Waals surface area (Å²) in [5.74, 6) is 1.01. The number of hydrogen-bond donors (Lipinski definition) is 2. The number of nitrogens with one attached hydrogen (secondary N) is 2. The van der Waals surface area contributed by atoms with E-state index < -0.39 is 11.5 Å². The molecular weight excluding hydrogens is 382 g/mol. The minimum Gasteiger partial charge on any atom is -0.326 e. The summed E-state index contributed by atoms with van der Waals surface area (Å²) < 4.78 is 0. The Hall–Kier alpha value is -2.02. The van der Waals surface area contributed by atoms with Crippen molar-refractivity contribution in [3.05, 3.63) is 59.1 Å². The van der Waals surface area contributed by atoms with Crippen LogP contribution in [0.15, 0.2) is 48.5 Å². The second-order valence-electron chi connectivity index (χ2n) is 7.18.